The summed E-state index contributed by atoms with van der Waals surface area (Å²) in [6.07, 6.45) is 17.8. The zero-order valence-electron chi connectivity index (χ0n) is 11.6. The highest BCUT2D eigenvalue weighted by molar-refractivity contribution is 4.75. The van der Waals surface area contributed by atoms with Gasteiger partial charge in [0.2, 0.25) is 0 Å². The van der Waals surface area contributed by atoms with Crippen LogP contribution in [0.15, 0.2) is 0 Å². The summed E-state index contributed by atoms with van der Waals surface area (Å²) in [6.45, 7) is 4.64. The van der Waals surface area contributed by atoms with Gasteiger partial charge < -0.3 is 0 Å². The van der Waals surface area contributed by atoms with Crippen LogP contribution in [-0.2, 0) is 0 Å². The van der Waals surface area contributed by atoms with Crippen LogP contribution in [0.5, 0.6) is 0 Å². The first-order valence-corrected chi connectivity index (χ1v) is 7.88. The van der Waals surface area contributed by atoms with Crippen molar-refractivity contribution in [3.63, 3.8) is 0 Å². The van der Waals surface area contributed by atoms with E-state index < -0.39 is 0 Å². The molecule has 0 radical (unpaired) electrons. The van der Waals surface area contributed by atoms with E-state index in [1.165, 1.54) is 64.2 Å². The molecule has 0 bridgehead atoms. The molecule has 0 heteroatoms. The van der Waals surface area contributed by atoms with Crippen molar-refractivity contribution in [1.82, 2.24) is 0 Å². The molecule has 0 aromatic carbocycles. The van der Waals surface area contributed by atoms with Gasteiger partial charge in [0.05, 0.1) is 0 Å². The van der Waals surface area contributed by atoms with E-state index in [9.17, 15) is 0 Å². The molecule has 96 valence electrons. The lowest BCUT2D eigenvalue weighted by atomic mass is 9.74. The Morgan fingerprint density at radius 3 is 1.50 bits per heavy atom. The Kier molecular flexibility index (Phi) is 7.98. The number of unbranched alkanes of at least 4 members (excludes halogenated alkanes) is 4. The molecule has 0 aromatic heterocycles. The van der Waals surface area contributed by atoms with Crippen molar-refractivity contribution in [2.45, 2.75) is 90.9 Å². The molecule has 0 saturated heterocycles. The van der Waals surface area contributed by atoms with E-state index >= 15 is 0 Å². The fourth-order valence-corrected chi connectivity index (χ4v) is 3.36. The van der Waals surface area contributed by atoms with Gasteiger partial charge in [0.15, 0.2) is 0 Å². The summed E-state index contributed by atoms with van der Waals surface area (Å²) in [7, 11) is 0. The van der Waals surface area contributed by atoms with Gasteiger partial charge in [-0.3, -0.25) is 0 Å². The smallest absolute Gasteiger partial charge is 0.0386 e. The third kappa shape index (κ3) is 5.37. The molecule has 16 heavy (non-hydrogen) atoms. The van der Waals surface area contributed by atoms with Crippen molar-refractivity contribution in [2.75, 3.05) is 0 Å². The molecule has 0 spiro atoms. The van der Waals surface area contributed by atoms with Gasteiger partial charge in [-0.05, 0) is 11.8 Å². The predicted molar refractivity (Wildman–Crippen MR) is 73.7 cm³/mol. The Balaban J connectivity index is 2.20. The zero-order chi connectivity index (χ0) is 11.6. The van der Waals surface area contributed by atoms with Gasteiger partial charge in [0, 0.05) is 0 Å². The summed E-state index contributed by atoms with van der Waals surface area (Å²) in [5.41, 5.74) is 0. The van der Waals surface area contributed by atoms with Crippen LogP contribution in [-0.4, -0.2) is 0 Å². The first kappa shape index (κ1) is 14.1. The van der Waals surface area contributed by atoms with Crippen LogP contribution >= 0.6 is 0 Å². The van der Waals surface area contributed by atoms with Crippen molar-refractivity contribution < 1.29 is 0 Å². The highest BCUT2D eigenvalue weighted by Crippen LogP contribution is 2.36. The summed E-state index contributed by atoms with van der Waals surface area (Å²) in [4.78, 5) is 0. The van der Waals surface area contributed by atoms with Crippen molar-refractivity contribution in [1.29, 1.82) is 0 Å². The van der Waals surface area contributed by atoms with Gasteiger partial charge >= 0.3 is 0 Å². The quantitative estimate of drug-likeness (QED) is 0.447. The first-order valence-electron chi connectivity index (χ1n) is 7.88. The second-order valence-corrected chi connectivity index (χ2v) is 5.80. The highest BCUT2D eigenvalue weighted by Gasteiger charge is 2.23. The molecular weight excluding hydrogens is 192 g/mol. The first-order chi connectivity index (χ1) is 7.88. The van der Waals surface area contributed by atoms with Crippen molar-refractivity contribution in [3.8, 4) is 0 Å². The van der Waals surface area contributed by atoms with E-state index in [1.54, 1.807) is 12.8 Å². The summed E-state index contributed by atoms with van der Waals surface area (Å²) in [5.74, 6) is 2.19. The standard InChI is InChI=1S/C16H32/c1-3-5-7-11-15-13-9-10-14-16(15)12-8-6-4-2/h15-16H,3-14H2,1-2H3. The van der Waals surface area contributed by atoms with Crippen LogP contribution in [0.2, 0.25) is 0 Å². The molecule has 1 aliphatic rings. The molecule has 2 atom stereocenters. The highest BCUT2D eigenvalue weighted by atomic mass is 14.3. The predicted octanol–water partition coefficient (Wildman–Crippen LogP) is 5.95. The Labute approximate surface area is 103 Å². The average Bonchev–Trinajstić information content (AvgIpc) is 2.32. The molecule has 0 aliphatic heterocycles. The van der Waals surface area contributed by atoms with Crippen molar-refractivity contribution in [3.05, 3.63) is 0 Å². The fraction of sp³-hybridized carbons (Fsp3) is 1.00. The van der Waals surface area contributed by atoms with E-state index in [4.69, 9.17) is 0 Å². The van der Waals surface area contributed by atoms with Crippen molar-refractivity contribution in [2.24, 2.45) is 11.8 Å². The van der Waals surface area contributed by atoms with Gasteiger partial charge in [-0.2, -0.15) is 0 Å². The van der Waals surface area contributed by atoms with Crippen LogP contribution in [0, 0.1) is 11.8 Å². The summed E-state index contributed by atoms with van der Waals surface area (Å²) in [5, 5.41) is 0. The second-order valence-electron chi connectivity index (χ2n) is 5.80. The molecule has 0 amide bonds. The molecular formula is C16H32. The normalized spacial score (nSPS) is 25.9. The summed E-state index contributed by atoms with van der Waals surface area (Å²) >= 11 is 0. The minimum absolute atomic E-state index is 1.09. The van der Waals surface area contributed by atoms with Gasteiger partial charge in [-0.15, -0.1) is 0 Å². The Morgan fingerprint density at radius 1 is 0.688 bits per heavy atom. The van der Waals surface area contributed by atoms with Crippen LogP contribution in [0.4, 0.5) is 0 Å². The minimum Gasteiger partial charge on any atom is -0.0654 e. The van der Waals surface area contributed by atoms with Gasteiger partial charge in [0.25, 0.3) is 0 Å². The maximum atomic E-state index is 2.32. The molecule has 1 fully saturated rings. The fourth-order valence-electron chi connectivity index (χ4n) is 3.36. The molecule has 1 saturated carbocycles. The molecule has 2 unspecified atom stereocenters. The van der Waals surface area contributed by atoms with Gasteiger partial charge in [-0.1, -0.05) is 90.9 Å². The maximum Gasteiger partial charge on any atom is -0.0386 e. The third-order valence-corrected chi connectivity index (χ3v) is 4.42. The van der Waals surface area contributed by atoms with Gasteiger partial charge in [-0.25, -0.2) is 0 Å². The van der Waals surface area contributed by atoms with E-state index in [-0.39, 0.29) is 0 Å². The number of rotatable bonds is 8. The lowest BCUT2D eigenvalue weighted by Gasteiger charge is -2.31. The maximum absolute atomic E-state index is 2.32. The Hall–Kier alpha value is 0. The largest absolute Gasteiger partial charge is 0.0654 e. The van der Waals surface area contributed by atoms with E-state index in [2.05, 4.69) is 13.8 Å². The summed E-state index contributed by atoms with van der Waals surface area (Å²) < 4.78 is 0. The third-order valence-electron chi connectivity index (χ3n) is 4.42. The SMILES string of the molecule is CCCCCC1CCCCC1CCCCC. The topological polar surface area (TPSA) is 0 Å². The average molecular weight is 224 g/mol. The number of hydrogen-bond acceptors (Lipinski definition) is 0. The van der Waals surface area contributed by atoms with E-state index in [0.29, 0.717) is 0 Å². The van der Waals surface area contributed by atoms with E-state index in [1.807, 2.05) is 0 Å². The molecule has 0 N–H and O–H groups in total. The Morgan fingerprint density at radius 2 is 1.12 bits per heavy atom. The summed E-state index contributed by atoms with van der Waals surface area (Å²) in [6, 6.07) is 0. The van der Waals surface area contributed by atoms with Crippen LogP contribution in [0.1, 0.15) is 90.9 Å². The Bertz CT molecular complexity index is 132. The molecule has 1 rings (SSSR count). The molecule has 0 aromatic rings. The van der Waals surface area contributed by atoms with Gasteiger partial charge in [0.1, 0.15) is 0 Å². The van der Waals surface area contributed by atoms with Crippen LogP contribution in [0.3, 0.4) is 0 Å². The second kappa shape index (κ2) is 9.07. The van der Waals surface area contributed by atoms with Crippen LogP contribution in [0.25, 0.3) is 0 Å². The molecule has 0 heterocycles. The number of hydrogen-bond donors (Lipinski definition) is 0. The molecule has 1 aliphatic carbocycles. The lowest BCUT2D eigenvalue weighted by Crippen LogP contribution is -2.19. The lowest BCUT2D eigenvalue weighted by molar-refractivity contribution is 0.203. The van der Waals surface area contributed by atoms with Crippen molar-refractivity contribution >= 4 is 0 Å². The molecule has 0 nitrogen and oxygen atoms in total. The van der Waals surface area contributed by atoms with E-state index in [0.717, 1.165) is 11.8 Å². The zero-order valence-corrected chi connectivity index (χ0v) is 11.6. The minimum atomic E-state index is 1.09. The van der Waals surface area contributed by atoms with Crippen LogP contribution < -0.4 is 0 Å². The monoisotopic (exact) mass is 224 g/mol.